The fourth-order valence-corrected chi connectivity index (χ4v) is 4.26. The molecule has 27 heavy (non-hydrogen) atoms. The molecule has 144 valence electrons. The summed E-state index contributed by atoms with van der Waals surface area (Å²) in [5.41, 5.74) is 0.728. The first-order valence-corrected chi connectivity index (χ1v) is 9.99. The minimum atomic E-state index is -0.109. The molecule has 1 saturated heterocycles. The molecule has 2 amide bonds. The van der Waals surface area contributed by atoms with Gasteiger partial charge in [-0.3, -0.25) is 9.59 Å². The maximum Gasteiger partial charge on any atom is 0.254 e. The second-order valence-corrected chi connectivity index (χ2v) is 8.05. The molecule has 1 atom stereocenters. The molecule has 1 fully saturated rings. The monoisotopic (exact) mass is 366 g/mol. The van der Waals surface area contributed by atoms with E-state index in [-0.39, 0.29) is 29.8 Å². The van der Waals surface area contributed by atoms with Crippen molar-refractivity contribution in [2.45, 2.75) is 52.6 Å². The summed E-state index contributed by atoms with van der Waals surface area (Å²) in [4.78, 5) is 30.1. The van der Waals surface area contributed by atoms with Gasteiger partial charge in [-0.05, 0) is 57.4 Å². The van der Waals surface area contributed by atoms with Crippen LogP contribution in [0.3, 0.4) is 0 Å². The van der Waals surface area contributed by atoms with Crippen LogP contribution in [0, 0.1) is 5.92 Å². The normalized spacial score (nSPS) is 17.6. The first-order chi connectivity index (χ1) is 12.9. The molecule has 1 aliphatic heterocycles. The average Bonchev–Trinajstić information content (AvgIpc) is 2.66. The molecule has 0 spiro atoms. The highest BCUT2D eigenvalue weighted by molar-refractivity contribution is 6.07. The van der Waals surface area contributed by atoms with E-state index in [0.29, 0.717) is 6.54 Å². The Hall–Kier alpha value is -2.36. The van der Waals surface area contributed by atoms with E-state index < -0.39 is 0 Å². The van der Waals surface area contributed by atoms with Crippen molar-refractivity contribution in [3.8, 4) is 0 Å². The number of fused-ring (bicyclic) bond motifs is 1. The number of hydrogen-bond acceptors (Lipinski definition) is 2. The molecule has 1 unspecified atom stereocenters. The van der Waals surface area contributed by atoms with Gasteiger partial charge in [0.15, 0.2) is 0 Å². The molecule has 0 aliphatic carbocycles. The minimum Gasteiger partial charge on any atom is -0.338 e. The van der Waals surface area contributed by atoms with Gasteiger partial charge in [0.1, 0.15) is 0 Å². The molecule has 0 bridgehead atoms. The number of likely N-dealkylation sites (tertiary alicyclic amines) is 1. The molecule has 1 heterocycles. The van der Waals surface area contributed by atoms with E-state index in [0.717, 1.165) is 35.7 Å². The van der Waals surface area contributed by atoms with E-state index in [9.17, 15) is 9.59 Å². The predicted molar refractivity (Wildman–Crippen MR) is 110 cm³/mol. The van der Waals surface area contributed by atoms with Gasteiger partial charge in [0, 0.05) is 30.7 Å². The molecule has 2 aromatic carbocycles. The van der Waals surface area contributed by atoms with Gasteiger partial charge in [0.25, 0.3) is 5.91 Å². The van der Waals surface area contributed by atoms with Gasteiger partial charge in [-0.25, -0.2) is 0 Å². The van der Waals surface area contributed by atoms with E-state index in [1.54, 1.807) is 0 Å². The number of nitrogens with zero attached hydrogens (tertiary/aromatic N) is 2. The number of carbonyl (C=O) groups excluding carboxylic acids is 2. The smallest absolute Gasteiger partial charge is 0.254 e. The zero-order chi connectivity index (χ0) is 19.6. The van der Waals surface area contributed by atoms with Gasteiger partial charge < -0.3 is 9.80 Å². The highest BCUT2D eigenvalue weighted by Crippen LogP contribution is 2.25. The van der Waals surface area contributed by atoms with Gasteiger partial charge in [-0.1, -0.05) is 36.4 Å². The maximum absolute atomic E-state index is 13.2. The summed E-state index contributed by atoms with van der Waals surface area (Å²) in [5, 5.41) is 2.04. The summed E-state index contributed by atoms with van der Waals surface area (Å²) < 4.78 is 0. The quantitative estimate of drug-likeness (QED) is 0.808. The van der Waals surface area contributed by atoms with Crippen LogP contribution in [-0.4, -0.2) is 46.8 Å². The second-order valence-electron chi connectivity index (χ2n) is 8.05. The number of rotatable bonds is 4. The van der Waals surface area contributed by atoms with E-state index in [2.05, 4.69) is 27.7 Å². The van der Waals surface area contributed by atoms with Crippen LogP contribution in [0.5, 0.6) is 0 Å². The zero-order valence-corrected chi connectivity index (χ0v) is 16.8. The summed E-state index contributed by atoms with van der Waals surface area (Å²) >= 11 is 0. The molecule has 3 rings (SSSR count). The number of hydrogen-bond donors (Lipinski definition) is 0. The van der Waals surface area contributed by atoms with Crippen molar-refractivity contribution in [2.75, 3.05) is 13.1 Å². The van der Waals surface area contributed by atoms with Crippen LogP contribution in [-0.2, 0) is 4.79 Å². The molecule has 0 saturated carbocycles. The van der Waals surface area contributed by atoms with Crippen molar-refractivity contribution >= 4 is 22.6 Å². The molecule has 4 nitrogen and oxygen atoms in total. The lowest BCUT2D eigenvalue weighted by molar-refractivity contribution is -0.140. The van der Waals surface area contributed by atoms with Crippen molar-refractivity contribution in [1.29, 1.82) is 0 Å². The first-order valence-electron chi connectivity index (χ1n) is 9.99. The third-order valence-electron chi connectivity index (χ3n) is 5.45. The van der Waals surface area contributed by atoms with Gasteiger partial charge >= 0.3 is 0 Å². The Bertz CT molecular complexity index is 815. The Kier molecular flexibility index (Phi) is 5.83. The largest absolute Gasteiger partial charge is 0.338 e. The fraction of sp³-hybridized carbons (Fsp3) is 0.478. The lowest BCUT2D eigenvalue weighted by atomic mass is 9.94. The summed E-state index contributed by atoms with van der Waals surface area (Å²) in [6, 6.07) is 14.2. The summed E-state index contributed by atoms with van der Waals surface area (Å²) in [7, 11) is 0. The Labute approximate surface area is 162 Å². The lowest BCUT2D eigenvalue weighted by Crippen LogP contribution is -2.50. The highest BCUT2D eigenvalue weighted by atomic mass is 16.2. The van der Waals surface area contributed by atoms with Gasteiger partial charge in [0.05, 0.1) is 5.92 Å². The van der Waals surface area contributed by atoms with E-state index in [4.69, 9.17) is 0 Å². The van der Waals surface area contributed by atoms with Crippen LogP contribution in [0.2, 0.25) is 0 Å². The van der Waals surface area contributed by atoms with Gasteiger partial charge in [0.2, 0.25) is 5.91 Å². The summed E-state index contributed by atoms with van der Waals surface area (Å²) in [5.74, 6) is 0.0999. The highest BCUT2D eigenvalue weighted by Gasteiger charge is 2.33. The second kappa shape index (κ2) is 8.12. The van der Waals surface area contributed by atoms with Crippen molar-refractivity contribution in [3.05, 3.63) is 48.0 Å². The number of carbonyl (C=O) groups is 2. The van der Waals surface area contributed by atoms with E-state index in [1.165, 1.54) is 0 Å². The van der Waals surface area contributed by atoms with Gasteiger partial charge in [-0.15, -0.1) is 0 Å². The molecule has 0 N–H and O–H groups in total. The van der Waals surface area contributed by atoms with Crippen molar-refractivity contribution in [3.63, 3.8) is 0 Å². The van der Waals surface area contributed by atoms with Crippen LogP contribution in [0.15, 0.2) is 42.5 Å². The standard InChI is InChI=1S/C23H30N2O2/c1-16(2)25(17(3)4)22(26)19-11-8-14-24(15-19)23(27)21-13-7-10-18-9-5-6-12-20(18)21/h5-7,9-10,12-13,16-17,19H,8,11,14-15H2,1-4H3. The average molecular weight is 367 g/mol. The Morgan fingerprint density at radius 3 is 2.37 bits per heavy atom. The third kappa shape index (κ3) is 4.00. The SMILES string of the molecule is CC(C)N(C(=O)C1CCCN(C(=O)c2cccc3ccccc23)C1)C(C)C. The van der Waals surface area contributed by atoms with E-state index >= 15 is 0 Å². The topological polar surface area (TPSA) is 40.6 Å². The first kappa shape index (κ1) is 19.4. The molecule has 0 aromatic heterocycles. The molecule has 1 aliphatic rings. The maximum atomic E-state index is 13.2. The van der Waals surface area contributed by atoms with E-state index in [1.807, 2.05) is 52.3 Å². The lowest BCUT2D eigenvalue weighted by Gasteiger charge is -2.38. The number of benzene rings is 2. The number of amides is 2. The molecule has 0 radical (unpaired) electrons. The Morgan fingerprint density at radius 1 is 1.00 bits per heavy atom. The molecule has 4 heteroatoms. The van der Waals surface area contributed by atoms with Crippen molar-refractivity contribution in [2.24, 2.45) is 5.92 Å². The third-order valence-corrected chi connectivity index (χ3v) is 5.45. The van der Waals surface area contributed by atoms with Crippen molar-refractivity contribution < 1.29 is 9.59 Å². The fourth-order valence-electron chi connectivity index (χ4n) is 4.26. The summed E-state index contributed by atoms with van der Waals surface area (Å²) in [6.07, 6.45) is 1.73. The Balaban J connectivity index is 1.81. The molecule has 2 aromatic rings. The minimum absolute atomic E-state index is 0.0324. The summed E-state index contributed by atoms with van der Waals surface area (Å²) in [6.45, 7) is 9.45. The predicted octanol–water partition coefficient (Wildman–Crippen LogP) is 4.34. The van der Waals surface area contributed by atoms with Crippen molar-refractivity contribution in [1.82, 2.24) is 9.80 Å². The zero-order valence-electron chi connectivity index (χ0n) is 16.8. The van der Waals surface area contributed by atoms with Crippen LogP contribution in [0.4, 0.5) is 0 Å². The van der Waals surface area contributed by atoms with Crippen LogP contribution in [0.1, 0.15) is 50.9 Å². The van der Waals surface area contributed by atoms with Gasteiger partial charge in [-0.2, -0.15) is 0 Å². The Morgan fingerprint density at radius 2 is 1.67 bits per heavy atom. The number of piperidine rings is 1. The van der Waals surface area contributed by atoms with Crippen LogP contribution < -0.4 is 0 Å². The molecular formula is C23H30N2O2. The van der Waals surface area contributed by atoms with Crippen LogP contribution in [0.25, 0.3) is 10.8 Å². The molecular weight excluding hydrogens is 336 g/mol. The van der Waals surface area contributed by atoms with Crippen LogP contribution >= 0.6 is 0 Å².